The van der Waals surface area contributed by atoms with Gasteiger partial charge in [-0.25, -0.2) is 0 Å². The lowest BCUT2D eigenvalue weighted by Gasteiger charge is -2.26. The molecule has 1 saturated heterocycles. The number of hydrogen-bond acceptors (Lipinski definition) is 5. The number of nitrogens with zero attached hydrogens (tertiary/aromatic N) is 2. The molecule has 1 heterocycles. The van der Waals surface area contributed by atoms with Gasteiger partial charge in [-0.3, -0.25) is 10.3 Å². The van der Waals surface area contributed by atoms with Gasteiger partial charge in [-0.05, 0) is 43.7 Å². The van der Waals surface area contributed by atoms with E-state index in [-0.39, 0.29) is 0 Å². The molecule has 0 aliphatic carbocycles. The van der Waals surface area contributed by atoms with E-state index in [1.165, 1.54) is 0 Å². The van der Waals surface area contributed by atoms with Crippen LogP contribution in [0.3, 0.4) is 0 Å². The Bertz CT molecular complexity index is 670. The van der Waals surface area contributed by atoms with Gasteiger partial charge in [-0.1, -0.05) is 30.3 Å². The van der Waals surface area contributed by atoms with Gasteiger partial charge in [0.2, 0.25) is 0 Å². The number of rotatable bonds is 9. The molecule has 2 aromatic carbocycles. The molecule has 1 aliphatic rings. The highest BCUT2D eigenvalue weighted by Crippen LogP contribution is 2.16. The van der Waals surface area contributed by atoms with E-state index >= 15 is 0 Å². The molecule has 0 bridgehead atoms. The molecular formula is C21H27N3O2. The van der Waals surface area contributed by atoms with Crippen molar-refractivity contribution in [2.75, 3.05) is 44.9 Å². The van der Waals surface area contributed by atoms with Crippen molar-refractivity contribution in [3.8, 4) is 5.75 Å². The van der Waals surface area contributed by atoms with Crippen LogP contribution in [0.25, 0.3) is 0 Å². The Labute approximate surface area is 155 Å². The molecule has 26 heavy (non-hydrogen) atoms. The maximum absolute atomic E-state index is 5.97. The van der Waals surface area contributed by atoms with Crippen molar-refractivity contribution in [2.24, 2.45) is 5.10 Å². The molecule has 2 aromatic rings. The second-order valence-corrected chi connectivity index (χ2v) is 6.28. The van der Waals surface area contributed by atoms with Gasteiger partial charge in [-0.15, -0.1) is 0 Å². The first-order chi connectivity index (χ1) is 12.9. The maximum atomic E-state index is 5.97. The first-order valence-corrected chi connectivity index (χ1v) is 9.28. The van der Waals surface area contributed by atoms with E-state index in [9.17, 15) is 0 Å². The van der Waals surface area contributed by atoms with Crippen LogP contribution < -0.4 is 10.2 Å². The molecule has 1 aliphatic heterocycles. The normalized spacial score (nSPS) is 15.2. The zero-order valence-electron chi connectivity index (χ0n) is 15.1. The number of benzene rings is 2. The quantitative estimate of drug-likeness (QED) is 0.425. The van der Waals surface area contributed by atoms with Gasteiger partial charge >= 0.3 is 0 Å². The van der Waals surface area contributed by atoms with Crippen LogP contribution >= 0.6 is 0 Å². The third-order valence-electron chi connectivity index (χ3n) is 4.32. The van der Waals surface area contributed by atoms with Crippen molar-refractivity contribution >= 4 is 11.9 Å². The lowest BCUT2D eigenvalue weighted by atomic mass is 10.2. The summed E-state index contributed by atoms with van der Waals surface area (Å²) in [4.78, 5) is 2.46. The lowest BCUT2D eigenvalue weighted by molar-refractivity contribution is 0.0368. The van der Waals surface area contributed by atoms with E-state index < -0.39 is 0 Å². The SMILES string of the molecule is C(=NNc1ccccc1)c1ccccc1OCCCCN1CCOCC1. The molecule has 138 valence electrons. The minimum atomic E-state index is 0.724. The third-order valence-corrected chi connectivity index (χ3v) is 4.32. The Hall–Kier alpha value is -2.37. The van der Waals surface area contributed by atoms with Crippen LogP contribution in [0.5, 0.6) is 5.75 Å². The first-order valence-electron chi connectivity index (χ1n) is 9.28. The Kier molecular flexibility index (Phi) is 7.50. The van der Waals surface area contributed by atoms with Crippen molar-refractivity contribution in [1.29, 1.82) is 0 Å². The minimum Gasteiger partial charge on any atom is -0.493 e. The number of hydrazone groups is 1. The van der Waals surface area contributed by atoms with Crippen molar-refractivity contribution in [2.45, 2.75) is 12.8 Å². The topological polar surface area (TPSA) is 46.1 Å². The van der Waals surface area contributed by atoms with Gasteiger partial charge in [0.25, 0.3) is 0 Å². The zero-order chi connectivity index (χ0) is 17.9. The van der Waals surface area contributed by atoms with Crippen LogP contribution in [0, 0.1) is 0 Å². The first kappa shape index (κ1) is 18.4. The fraction of sp³-hybridized carbons (Fsp3) is 0.381. The molecule has 0 aromatic heterocycles. The summed E-state index contributed by atoms with van der Waals surface area (Å²) in [7, 11) is 0. The summed E-state index contributed by atoms with van der Waals surface area (Å²) >= 11 is 0. The van der Waals surface area contributed by atoms with Crippen molar-refractivity contribution in [3.63, 3.8) is 0 Å². The van der Waals surface area contributed by atoms with Gasteiger partial charge in [0.05, 0.1) is 31.7 Å². The number of morpholine rings is 1. The molecule has 0 saturated carbocycles. The minimum absolute atomic E-state index is 0.724. The maximum Gasteiger partial charge on any atom is 0.128 e. The van der Waals surface area contributed by atoms with E-state index in [1.54, 1.807) is 6.21 Å². The number of nitrogens with one attached hydrogen (secondary N) is 1. The van der Waals surface area contributed by atoms with E-state index in [0.717, 1.165) is 69.3 Å². The largest absolute Gasteiger partial charge is 0.493 e. The Morgan fingerprint density at radius 3 is 2.62 bits per heavy atom. The molecule has 0 atom stereocenters. The molecule has 5 heteroatoms. The summed E-state index contributed by atoms with van der Waals surface area (Å²) in [6.07, 6.45) is 3.99. The van der Waals surface area contributed by atoms with Crippen LogP contribution in [-0.2, 0) is 4.74 Å². The number of para-hydroxylation sites is 2. The molecule has 1 fully saturated rings. The van der Waals surface area contributed by atoms with Crippen molar-refractivity contribution < 1.29 is 9.47 Å². The summed E-state index contributed by atoms with van der Waals surface area (Å²) in [5.74, 6) is 0.873. The van der Waals surface area contributed by atoms with Gasteiger partial charge < -0.3 is 9.47 Å². The summed E-state index contributed by atoms with van der Waals surface area (Å²) in [5, 5.41) is 4.30. The number of anilines is 1. The second kappa shape index (κ2) is 10.6. The third kappa shape index (κ3) is 6.17. The van der Waals surface area contributed by atoms with Gasteiger partial charge in [0.15, 0.2) is 0 Å². The predicted octanol–water partition coefficient (Wildman–Crippen LogP) is 3.62. The van der Waals surface area contributed by atoms with Crippen LogP contribution in [-0.4, -0.2) is 50.6 Å². The molecular weight excluding hydrogens is 326 g/mol. The monoisotopic (exact) mass is 353 g/mol. The summed E-state index contributed by atoms with van der Waals surface area (Å²) in [6, 6.07) is 17.9. The molecule has 0 spiro atoms. The average molecular weight is 353 g/mol. The molecule has 0 radical (unpaired) electrons. The second-order valence-electron chi connectivity index (χ2n) is 6.28. The molecule has 5 nitrogen and oxygen atoms in total. The molecule has 0 amide bonds. The highest BCUT2D eigenvalue weighted by Gasteiger charge is 2.09. The highest BCUT2D eigenvalue weighted by atomic mass is 16.5. The summed E-state index contributed by atoms with van der Waals surface area (Å²) < 4.78 is 11.3. The Morgan fingerprint density at radius 1 is 1.00 bits per heavy atom. The average Bonchev–Trinajstić information content (AvgIpc) is 2.70. The van der Waals surface area contributed by atoms with Crippen LogP contribution in [0.1, 0.15) is 18.4 Å². The van der Waals surface area contributed by atoms with E-state index in [2.05, 4.69) is 15.4 Å². The fourth-order valence-electron chi connectivity index (χ4n) is 2.85. The van der Waals surface area contributed by atoms with Crippen molar-refractivity contribution in [1.82, 2.24) is 4.90 Å². The van der Waals surface area contributed by atoms with Gasteiger partial charge in [-0.2, -0.15) is 5.10 Å². The van der Waals surface area contributed by atoms with Crippen LogP contribution in [0.2, 0.25) is 0 Å². The lowest BCUT2D eigenvalue weighted by Crippen LogP contribution is -2.36. The van der Waals surface area contributed by atoms with Gasteiger partial charge in [0, 0.05) is 18.7 Å². The molecule has 0 unspecified atom stereocenters. The Morgan fingerprint density at radius 2 is 1.77 bits per heavy atom. The van der Waals surface area contributed by atoms with E-state index in [4.69, 9.17) is 9.47 Å². The standard InChI is InChI=1S/C21H27N3O2/c1-2-9-20(10-3-1)23-22-18-19-8-4-5-11-21(19)26-15-7-6-12-24-13-16-25-17-14-24/h1-5,8-11,18,23H,6-7,12-17H2. The predicted molar refractivity (Wildman–Crippen MR) is 106 cm³/mol. The van der Waals surface area contributed by atoms with Crippen molar-refractivity contribution in [3.05, 3.63) is 60.2 Å². The summed E-state index contributed by atoms with van der Waals surface area (Å²) in [6.45, 7) is 5.67. The number of ether oxygens (including phenoxy) is 2. The number of hydrogen-bond donors (Lipinski definition) is 1. The highest BCUT2D eigenvalue weighted by molar-refractivity contribution is 5.83. The van der Waals surface area contributed by atoms with Crippen LogP contribution in [0.15, 0.2) is 59.7 Å². The van der Waals surface area contributed by atoms with E-state index in [0.29, 0.717) is 0 Å². The van der Waals surface area contributed by atoms with Crippen LogP contribution in [0.4, 0.5) is 5.69 Å². The summed E-state index contributed by atoms with van der Waals surface area (Å²) in [5.41, 5.74) is 4.97. The smallest absolute Gasteiger partial charge is 0.128 e. The molecule has 3 rings (SSSR count). The fourth-order valence-corrected chi connectivity index (χ4v) is 2.85. The Balaban J connectivity index is 1.41. The zero-order valence-corrected chi connectivity index (χ0v) is 15.1. The molecule has 1 N–H and O–H groups in total. The van der Waals surface area contributed by atoms with E-state index in [1.807, 2.05) is 54.6 Å². The number of unbranched alkanes of at least 4 members (excludes halogenated alkanes) is 1. The van der Waals surface area contributed by atoms with Gasteiger partial charge in [0.1, 0.15) is 5.75 Å².